The van der Waals surface area contributed by atoms with E-state index in [1.54, 1.807) is 19.2 Å². The van der Waals surface area contributed by atoms with Gasteiger partial charge in [0.2, 0.25) is 0 Å². The maximum Gasteiger partial charge on any atom is 0.120 e. The summed E-state index contributed by atoms with van der Waals surface area (Å²) in [6.45, 7) is 8.27. The summed E-state index contributed by atoms with van der Waals surface area (Å²) in [5.41, 5.74) is 1.21. The summed E-state index contributed by atoms with van der Waals surface area (Å²) in [7, 11) is 1.63. The molecule has 0 saturated carbocycles. The van der Waals surface area contributed by atoms with Crippen LogP contribution in [0.4, 0.5) is 0 Å². The van der Waals surface area contributed by atoms with Crippen LogP contribution < -0.4 is 10.1 Å². The Morgan fingerprint density at radius 1 is 1.29 bits per heavy atom. The van der Waals surface area contributed by atoms with Crippen LogP contribution >= 0.6 is 0 Å². The smallest absolute Gasteiger partial charge is 0.120 e. The normalized spacial score (nSPS) is 11.5. The van der Waals surface area contributed by atoms with Crippen LogP contribution in [0.15, 0.2) is 18.2 Å². The van der Waals surface area contributed by atoms with Crippen LogP contribution in [0.5, 0.6) is 11.5 Å². The van der Waals surface area contributed by atoms with Gasteiger partial charge < -0.3 is 15.2 Å². The van der Waals surface area contributed by atoms with Gasteiger partial charge in [-0.2, -0.15) is 0 Å². The van der Waals surface area contributed by atoms with Crippen LogP contribution in [0, 0.1) is 5.41 Å². The van der Waals surface area contributed by atoms with Crippen molar-refractivity contribution in [2.24, 2.45) is 5.41 Å². The molecule has 0 unspecified atom stereocenters. The minimum Gasteiger partial charge on any atom is -0.508 e. The van der Waals surface area contributed by atoms with E-state index in [4.69, 9.17) is 4.74 Å². The largest absolute Gasteiger partial charge is 0.508 e. The van der Waals surface area contributed by atoms with E-state index < -0.39 is 0 Å². The van der Waals surface area contributed by atoms with Crippen LogP contribution in [-0.4, -0.2) is 18.8 Å². The van der Waals surface area contributed by atoms with Gasteiger partial charge in [0, 0.05) is 12.1 Å². The molecule has 0 aliphatic carbocycles. The number of hydrogen-bond acceptors (Lipinski definition) is 3. The summed E-state index contributed by atoms with van der Waals surface area (Å²) < 4.78 is 5.13. The molecule has 0 bridgehead atoms. The van der Waals surface area contributed by atoms with Crippen LogP contribution in [0.25, 0.3) is 0 Å². The number of hydrogen-bond donors (Lipinski definition) is 2. The fraction of sp³-hybridized carbons (Fsp3) is 0.571. The number of aromatic hydroxyl groups is 1. The Labute approximate surface area is 104 Å². The quantitative estimate of drug-likeness (QED) is 0.774. The van der Waals surface area contributed by atoms with Gasteiger partial charge in [0.15, 0.2) is 0 Å². The van der Waals surface area contributed by atoms with Crippen LogP contribution in [0.3, 0.4) is 0 Å². The number of benzene rings is 1. The molecule has 0 aromatic heterocycles. The lowest BCUT2D eigenvalue weighted by Crippen LogP contribution is -2.20. The molecular formula is C14H23NO2. The summed E-state index contributed by atoms with van der Waals surface area (Å²) in [6.07, 6.45) is 1.11. The van der Waals surface area contributed by atoms with Crippen molar-refractivity contribution in [2.45, 2.75) is 33.7 Å². The van der Waals surface area contributed by atoms with Crippen molar-refractivity contribution in [3.8, 4) is 11.5 Å². The molecule has 0 heterocycles. The maximum absolute atomic E-state index is 9.69. The highest BCUT2D eigenvalue weighted by atomic mass is 16.5. The van der Waals surface area contributed by atoms with E-state index in [0.717, 1.165) is 24.3 Å². The Morgan fingerprint density at radius 2 is 2.00 bits per heavy atom. The fourth-order valence-electron chi connectivity index (χ4n) is 1.52. The molecule has 1 rings (SSSR count). The second kappa shape index (κ2) is 5.92. The fourth-order valence-corrected chi connectivity index (χ4v) is 1.52. The zero-order chi connectivity index (χ0) is 12.9. The lowest BCUT2D eigenvalue weighted by atomic mass is 9.92. The first-order valence-corrected chi connectivity index (χ1v) is 5.99. The number of nitrogens with one attached hydrogen (secondary N) is 1. The first-order chi connectivity index (χ1) is 7.92. The van der Waals surface area contributed by atoms with Gasteiger partial charge in [-0.1, -0.05) is 20.8 Å². The number of phenolic OH excluding ortho intramolecular Hbond substituents is 1. The lowest BCUT2D eigenvalue weighted by Gasteiger charge is -2.18. The van der Waals surface area contributed by atoms with E-state index in [-0.39, 0.29) is 0 Å². The van der Waals surface area contributed by atoms with Gasteiger partial charge in [0.1, 0.15) is 11.5 Å². The minimum absolute atomic E-state index is 0.314. The number of ether oxygens (including phenoxy) is 1. The standard InChI is InChI=1S/C14H23NO2/c1-14(2,3)7-8-15-10-11-9-12(17-4)5-6-13(11)16/h5-6,9,15-16H,7-8,10H2,1-4H3. The Balaban J connectivity index is 2.46. The molecule has 0 aliphatic rings. The predicted molar refractivity (Wildman–Crippen MR) is 70.4 cm³/mol. The van der Waals surface area contributed by atoms with Crippen molar-refractivity contribution in [3.05, 3.63) is 23.8 Å². The van der Waals surface area contributed by atoms with E-state index in [2.05, 4.69) is 26.1 Å². The average molecular weight is 237 g/mol. The first kappa shape index (κ1) is 13.8. The van der Waals surface area contributed by atoms with Crippen LogP contribution in [-0.2, 0) is 6.54 Å². The second-order valence-corrected chi connectivity index (χ2v) is 5.48. The van der Waals surface area contributed by atoms with Crippen LogP contribution in [0.1, 0.15) is 32.8 Å². The summed E-state index contributed by atoms with van der Waals surface area (Å²) in [4.78, 5) is 0. The minimum atomic E-state index is 0.314. The van der Waals surface area contributed by atoms with Gasteiger partial charge in [0.05, 0.1) is 7.11 Å². The Morgan fingerprint density at radius 3 is 2.59 bits per heavy atom. The Bertz CT molecular complexity index is 356. The summed E-state index contributed by atoms with van der Waals surface area (Å²) in [5, 5.41) is 13.0. The molecule has 1 aromatic rings. The van der Waals surface area contributed by atoms with Crippen molar-refractivity contribution in [1.29, 1.82) is 0 Å². The molecule has 17 heavy (non-hydrogen) atoms. The topological polar surface area (TPSA) is 41.5 Å². The van der Waals surface area contributed by atoms with Gasteiger partial charge in [0.25, 0.3) is 0 Å². The summed E-state index contributed by atoms with van der Waals surface area (Å²) in [6, 6.07) is 5.28. The second-order valence-electron chi connectivity index (χ2n) is 5.48. The van der Waals surface area contributed by atoms with E-state index in [1.165, 1.54) is 0 Å². The van der Waals surface area contributed by atoms with Gasteiger partial charge >= 0.3 is 0 Å². The van der Waals surface area contributed by atoms with Gasteiger partial charge in [-0.3, -0.25) is 0 Å². The van der Waals surface area contributed by atoms with Crippen LogP contribution in [0.2, 0.25) is 0 Å². The molecule has 1 aromatic carbocycles. The first-order valence-electron chi connectivity index (χ1n) is 5.99. The molecule has 0 aliphatic heterocycles. The zero-order valence-corrected chi connectivity index (χ0v) is 11.2. The summed E-state index contributed by atoms with van der Waals surface area (Å²) in [5.74, 6) is 1.09. The van der Waals surface area contributed by atoms with E-state index >= 15 is 0 Å². The van der Waals surface area contributed by atoms with Gasteiger partial charge in [-0.05, 0) is 36.6 Å². The maximum atomic E-state index is 9.69. The van der Waals surface area contributed by atoms with Gasteiger partial charge in [-0.15, -0.1) is 0 Å². The molecule has 0 spiro atoms. The lowest BCUT2D eigenvalue weighted by molar-refractivity contribution is 0.365. The SMILES string of the molecule is COc1ccc(O)c(CNCCC(C)(C)C)c1. The molecule has 0 atom stereocenters. The number of methoxy groups -OCH3 is 1. The number of rotatable bonds is 5. The third-order valence-electron chi connectivity index (χ3n) is 2.65. The highest BCUT2D eigenvalue weighted by Crippen LogP contribution is 2.23. The molecule has 3 heteroatoms. The Hall–Kier alpha value is -1.22. The third-order valence-corrected chi connectivity index (χ3v) is 2.65. The number of phenols is 1. The van der Waals surface area contributed by atoms with E-state index in [0.29, 0.717) is 17.7 Å². The predicted octanol–water partition coefficient (Wildman–Crippen LogP) is 2.93. The zero-order valence-electron chi connectivity index (χ0n) is 11.2. The van der Waals surface area contributed by atoms with E-state index in [1.807, 2.05) is 6.07 Å². The molecular weight excluding hydrogens is 214 g/mol. The van der Waals surface area contributed by atoms with Crippen molar-refractivity contribution in [2.75, 3.05) is 13.7 Å². The van der Waals surface area contributed by atoms with Crippen molar-refractivity contribution in [1.82, 2.24) is 5.32 Å². The highest BCUT2D eigenvalue weighted by molar-refractivity contribution is 5.39. The van der Waals surface area contributed by atoms with Gasteiger partial charge in [-0.25, -0.2) is 0 Å². The highest BCUT2D eigenvalue weighted by Gasteiger charge is 2.09. The van der Waals surface area contributed by atoms with E-state index in [9.17, 15) is 5.11 Å². The third kappa shape index (κ3) is 5.09. The molecule has 3 nitrogen and oxygen atoms in total. The monoisotopic (exact) mass is 237 g/mol. The molecule has 96 valence electrons. The molecule has 2 N–H and O–H groups in total. The average Bonchev–Trinajstić information content (AvgIpc) is 2.25. The molecule has 0 fully saturated rings. The molecule has 0 amide bonds. The van der Waals surface area contributed by atoms with Crippen molar-refractivity contribution >= 4 is 0 Å². The molecule has 0 radical (unpaired) electrons. The summed E-state index contributed by atoms with van der Waals surface area (Å²) >= 11 is 0. The molecule has 0 saturated heterocycles. The Kier molecular flexibility index (Phi) is 4.82. The van der Waals surface area contributed by atoms with Crippen molar-refractivity contribution < 1.29 is 9.84 Å². The van der Waals surface area contributed by atoms with Crippen molar-refractivity contribution in [3.63, 3.8) is 0 Å².